The van der Waals surface area contributed by atoms with E-state index in [4.69, 9.17) is 9.73 Å². The number of ether oxygens (including phenoxy) is 1. The number of nitrogens with zero attached hydrogens (tertiary/aromatic N) is 2. The molecule has 0 bridgehead atoms. The predicted molar refractivity (Wildman–Crippen MR) is 130 cm³/mol. The number of carbonyl (C=O) groups excluding carboxylic acids is 1. The molecule has 0 heterocycles. The third-order valence-corrected chi connectivity index (χ3v) is 5.15. The lowest BCUT2D eigenvalue weighted by atomic mass is 9.84. The molecule has 0 radical (unpaired) electrons. The maximum absolute atomic E-state index is 12.8. The van der Waals surface area contributed by atoms with E-state index < -0.39 is 0 Å². The molecule has 164 valence electrons. The summed E-state index contributed by atoms with van der Waals surface area (Å²) in [6, 6.07) is 8.07. The van der Waals surface area contributed by atoms with Gasteiger partial charge in [0.2, 0.25) is 5.91 Å². The topological polar surface area (TPSA) is 66.0 Å². The number of aliphatic imine (C=N–C) groups is 1. The zero-order chi connectivity index (χ0) is 20.4. The van der Waals surface area contributed by atoms with Crippen LogP contribution in [0, 0.1) is 5.41 Å². The van der Waals surface area contributed by atoms with Gasteiger partial charge >= 0.3 is 0 Å². The maximum atomic E-state index is 12.8. The number of nitrogens with one attached hydrogen (secondary N) is 2. The Morgan fingerprint density at radius 2 is 1.93 bits per heavy atom. The lowest BCUT2D eigenvalue weighted by Crippen LogP contribution is -2.49. The summed E-state index contributed by atoms with van der Waals surface area (Å²) in [5.41, 5.74) is 0.791. The number of hydrogen-bond acceptors (Lipinski definition) is 3. The normalized spacial score (nSPS) is 15.4. The van der Waals surface area contributed by atoms with Crippen LogP contribution in [0.2, 0.25) is 0 Å². The SMILES string of the molecule is CCCOc1cccc(CN=C(NCC)NCC2(C(=O)N(C)C)CCCC2)c1.I. The molecular weight excluding hydrogens is 479 g/mol. The monoisotopic (exact) mass is 516 g/mol. The Hall–Kier alpha value is -1.51. The van der Waals surface area contributed by atoms with Crippen LogP contribution in [0.4, 0.5) is 0 Å². The van der Waals surface area contributed by atoms with Gasteiger partial charge in [0.25, 0.3) is 0 Å². The van der Waals surface area contributed by atoms with E-state index in [-0.39, 0.29) is 35.3 Å². The highest BCUT2D eigenvalue weighted by atomic mass is 127. The summed E-state index contributed by atoms with van der Waals surface area (Å²) in [5.74, 6) is 1.85. The molecule has 1 amide bonds. The summed E-state index contributed by atoms with van der Waals surface area (Å²) >= 11 is 0. The Labute approximate surface area is 192 Å². The summed E-state index contributed by atoms with van der Waals surface area (Å²) in [6.07, 6.45) is 5.09. The van der Waals surface area contributed by atoms with Crippen molar-refractivity contribution in [3.05, 3.63) is 29.8 Å². The Bertz CT molecular complexity index is 658. The number of amides is 1. The van der Waals surface area contributed by atoms with E-state index in [0.717, 1.165) is 62.5 Å². The molecule has 1 aromatic rings. The molecule has 0 unspecified atom stereocenters. The van der Waals surface area contributed by atoms with Crippen molar-refractivity contribution in [3.8, 4) is 5.75 Å². The first-order chi connectivity index (χ1) is 13.5. The molecule has 0 spiro atoms. The van der Waals surface area contributed by atoms with Gasteiger partial charge in [-0.2, -0.15) is 0 Å². The van der Waals surface area contributed by atoms with Crippen molar-refractivity contribution in [2.45, 2.75) is 52.5 Å². The molecule has 0 atom stereocenters. The highest BCUT2D eigenvalue weighted by Gasteiger charge is 2.42. The summed E-state index contributed by atoms with van der Waals surface area (Å²) in [4.78, 5) is 19.2. The Kier molecular flexibility index (Phi) is 11.4. The molecule has 2 N–H and O–H groups in total. The van der Waals surface area contributed by atoms with Gasteiger partial charge in [-0.1, -0.05) is 31.9 Å². The standard InChI is InChI=1S/C22H36N4O2.HI/c1-5-14-28-19-11-9-10-18(15-19)16-24-21(23-6-2)25-17-22(12-7-8-13-22)20(27)26(3)4;/h9-11,15H,5-8,12-14,16-17H2,1-4H3,(H2,23,24,25);1H. The van der Waals surface area contributed by atoms with Crippen LogP contribution < -0.4 is 15.4 Å². The lowest BCUT2D eigenvalue weighted by molar-refractivity contribution is -0.138. The van der Waals surface area contributed by atoms with Crippen molar-refractivity contribution in [3.63, 3.8) is 0 Å². The Balaban J connectivity index is 0.00000420. The molecule has 1 aliphatic carbocycles. The lowest BCUT2D eigenvalue weighted by Gasteiger charge is -2.31. The third-order valence-electron chi connectivity index (χ3n) is 5.15. The highest BCUT2D eigenvalue weighted by molar-refractivity contribution is 14.0. The predicted octanol–water partition coefficient (Wildman–Crippen LogP) is 3.80. The zero-order valence-corrected chi connectivity index (χ0v) is 20.6. The van der Waals surface area contributed by atoms with Gasteiger partial charge in [0.05, 0.1) is 18.6 Å². The molecule has 0 saturated heterocycles. The van der Waals surface area contributed by atoms with Gasteiger partial charge in [-0.25, -0.2) is 4.99 Å². The fourth-order valence-corrected chi connectivity index (χ4v) is 3.71. The minimum Gasteiger partial charge on any atom is -0.494 e. The highest BCUT2D eigenvalue weighted by Crippen LogP contribution is 2.38. The van der Waals surface area contributed by atoms with Crippen LogP contribution in [-0.2, 0) is 11.3 Å². The fourth-order valence-electron chi connectivity index (χ4n) is 3.71. The first-order valence-electron chi connectivity index (χ1n) is 10.5. The molecule has 1 saturated carbocycles. The van der Waals surface area contributed by atoms with Gasteiger partial charge < -0.3 is 20.3 Å². The molecule has 1 aliphatic rings. The van der Waals surface area contributed by atoms with Crippen LogP contribution in [0.15, 0.2) is 29.3 Å². The van der Waals surface area contributed by atoms with Crippen molar-refractivity contribution in [2.24, 2.45) is 10.4 Å². The number of carbonyl (C=O) groups is 1. The van der Waals surface area contributed by atoms with Gasteiger partial charge in [0.15, 0.2) is 5.96 Å². The average Bonchev–Trinajstić information content (AvgIpc) is 3.18. The summed E-state index contributed by atoms with van der Waals surface area (Å²) in [5, 5.41) is 6.71. The molecule has 1 aromatic carbocycles. The van der Waals surface area contributed by atoms with Gasteiger partial charge in [-0.3, -0.25) is 4.79 Å². The summed E-state index contributed by atoms with van der Waals surface area (Å²) in [7, 11) is 3.69. The van der Waals surface area contributed by atoms with E-state index in [0.29, 0.717) is 13.1 Å². The Morgan fingerprint density at radius 3 is 2.55 bits per heavy atom. The second kappa shape index (κ2) is 12.9. The Morgan fingerprint density at radius 1 is 1.21 bits per heavy atom. The average molecular weight is 516 g/mol. The fraction of sp³-hybridized carbons (Fsp3) is 0.636. The second-order valence-electron chi connectivity index (χ2n) is 7.73. The zero-order valence-electron chi connectivity index (χ0n) is 18.3. The number of hydrogen-bond donors (Lipinski definition) is 2. The molecule has 29 heavy (non-hydrogen) atoms. The van der Waals surface area contributed by atoms with E-state index in [1.165, 1.54) is 0 Å². The minimum absolute atomic E-state index is 0. The molecular formula is C22H37IN4O2. The van der Waals surface area contributed by atoms with Crippen molar-refractivity contribution < 1.29 is 9.53 Å². The second-order valence-corrected chi connectivity index (χ2v) is 7.73. The van der Waals surface area contributed by atoms with E-state index >= 15 is 0 Å². The third kappa shape index (κ3) is 7.68. The van der Waals surface area contributed by atoms with Crippen molar-refractivity contribution in [1.82, 2.24) is 15.5 Å². The number of benzene rings is 1. The van der Waals surface area contributed by atoms with Crippen LogP contribution in [-0.4, -0.2) is 50.6 Å². The van der Waals surface area contributed by atoms with Gasteiger partial charge in [0, 0.05) is 27.2 Å². The first kappa shape index (κ1) is 25.5. The van der Waals surface area contributed by atoms with Gasteiger partial charge in [0.1, 0.15) is 5.75 Å². The molecule has 2 rings (SSSR count). The summed E-state index contributed by atoms with van der Waals surface area (Å²) < 4.78 is 5.71. The van der Waals surface area contributed by atoms with Gasteiger partial charge in [-0.05, 0) is 43.9 Å². The molecule has 0 aromatic heterocycles. The van der Waals surface area contributed by atoms with Crippen LogP contribution in [0.1, 0.15) is 51.5 Å². The summed E-state index contributed by atoms with van der Waals surface area (Å²) in [6.45, 7) is 6.83. The number of halogens is 1. The van der Waals surface area contributed by atoms with Crippen molar-refractivity contribution >= 4 is 35.8 Å². The van der Waals surface area contributed by atoms with E-state index in [2.05, 4.69) is 23.6 Å². The van der Waals surface area contributed by atoms with Crippen molar-refractivity contribution in [2.75, 3.05) is 33.8 Å². The number of guanidine groups is 1. The van der Waals surface area contributed by atoms with Crippen LogP contribution >= 0.6 is 24.0 Å². The van der Waals surface area contributed by atoms with E-state index in [1.807, 2.05) is 39.2 Å². The molecule has 1 fully saturated rings. The molecule has 6 nitrogen and oxygen atoms in total. The van der Waals surface area contributed by atoms with Crippen molar-refractivity contribution in [1.29, 1.82) is 0 Å². The van der Waals surface area contributed by atoms with Crippen LogP contribution in [0.25, 0.3) is 0 Å². The van der Waals surface area contributed by atoms with E-state index in [9.17, 15) is 4.79 Å². The molecule has 0 aliphatic heterocycles. The maximum Gasteiger partial charge on any atom is 0.230 e. The van der Waals surface area contributed by atoms with Gasteiger partial charge in [-0.15, -0.1) is 24.0 Å². The minimum atomic E-state index is -0.312. The number of rotatable bonds is 9. The largest absolute Gasteiger partial charge is 0.494 e. The first-order valence-corrected chi connectivity index (χ1v) is 10.5. The quantitative estimate of drug-likeness (QED) is 0.298. The van der Waals surface area contributed by atoms with E-state index in [1.54, 1.807) is 4.90 Å². The molecule has 7 heteroatoms. The smallest absolute Gasteiger partial charge is 0.230 e. The van der Waals surface area contributed by atoms with Crippen LogP contribution in [0.5, 0.6) is 5.75 Å². The van der Waals surface area contributed by atoms with Crippen LogP contribution in [0.3, 0.4) is 0 Å².